The van der Waals surface area contributed by atoms with Crippen molar-refractivity contribution in [3.63, 3.8) is 0 Å². The lowest BCUT2D eigenvalue weighted by Crippen LogP contribution is -2.53. The minimum atomic E-state index is -0.460. The molecule has 4 rings (SSSR count). The van der Waals surface area contributed by atoms with Gasteiger partial charge in [0.1, 0.15) is 0 Å². The number of nitrogens with two attached hydrogens (primary N) is 1. The molecule has 0 atom stereocenters. The third-order valence-corrected chi connectivity index (χ3v) is 8.12. The first-order valence-corrected chi connectivity index (χ1v) is 12.9. The molecule has 32 heavy (non-hydrogen) atoms. The second kappa shape index (κ2) is 10.5. The Morgan fingerprint density at radius 1 is 1.06 bits per heavy atom. The van der Waals surface area contributed by atoms with Crippen molar-refractivity contribution in [3.05, 3.63) is 52.2 Å². The zero-order valence-electron chi connectivity index (χ0n) is 18.9. The SMILES string of the molecule is Nc1ccc(CC2(C(=O)NC3CCCCC3)CCN(C(=O)CCc3cccs3)CC2)cc1. The first kappa shape index (κ1) is 22.8. The Kier molecular flexibility index (Phi) is 7.51. The van der Waals surface area contributed by atoms with Crippen LogP contribution in [0.15, 0.2) is 41.8 Å². The Hall–Kier alpha value is -2.34. The van der Waals surface area contributed by atoms with E-state index in [1.165, 1.54) is 24.1 Å². The zero-order chi connectivity index (χ0) is 22.4. The summed E-state index contributed by atoms with van der Waals surface area (Å²) >= 11 is 1.70. The number of hydrogen-bond acceptors (Lipinski definition) is 4. The van der Waals surface area contributed by atoms with E-state index in [0.717, 1.165) is 30.5 Å². The van der Waals surface area contributed by atoms with Crippen molar-refractivity contribution in [1.29, 1.82) is 0 Å². The number of hydrogen-bond donors (Lipinski definition) is 2. The molecule has 5 nitrogen and oxygen atoms in total. The van der Waals surface area contributed by atoms with Crippen LogP contribution in [0.1, 0.15) is 61.8 Å². The van der Waals surface area contributed by atoms with Gasteiger partial charge in [0.15, 0.2) is 0 Å². The molecule has 2 amide bonds. The van der Waals surface area contributed by atoms with Crippen molar-refractivity contribution in [1.82, 2.24) is 10.2 Å². The molecule has 3 N–H and O–H groups in total. The largest absolute Gasteiger partial charge is 0.399 e. The van der Waals surface area contributed by atoms with E-state index in [4.69, 9.17) is 5.73 Å². The number of amides is 2. The second-order valence-corrected chi connectivity index (χ2v) is 10.5. The maximum absolute atomic E-state index is 13.6. The number of carbonyl (C=O) groups is 2. The molecule has 2 aliphatic rings. The van der Waals surface area contributed by atoms with Crippen molar-refractivity contribution in [2.45, 2.75) is 70.3 Å². The van der Waals surface area contributed by atoms with Crippen LogP contribution in [0.25, 0.3) is 0 Å². The van der Waals surface area contributed by atoms with Gasteiger partial charge in [-0.1, -0.05) is 37.5 Å². The summed E-state index contributed by atoms with van der Waals surface area (Å²) in [5, 5.41) is 5.44. The van der Waals surface area contributed by atoms with Crippen molar-refractivity contribution in [2.24, 2.45) is 5.41 Å². The van der Waals surface area contributed by atoms with Gasteiger partial charge in [-0.25, -0.2) is 0 Å². The van der Waals surface area contributed by atoms with Gasteiger partial charge < -0.3 is 16.0 Å². The number of anilines is 1. The van der Waals surface area contributed by atoms with Crippen molar-refractivity contribution < 1.29 is 9.59 Å². The highest BCUT2D eigenvalue weighted by Gasteiger charge is 2.42. The van der Waals surface area contributed by atoms with E-state index >= 15 is 0 Å². The standard InChI is InChI=1S/C26H35N3O2S/c27-21-10-8-20(9-11-21)19-26(25(31)28-22-5-2-1-3-6-22)14-16-29(17-15-26)24(30)13-12-23-7-4-18-32-23/h4,7-11,18,22H,1-3,5-6,12-17,19,27H2,(H,28,31). The lowest BCUT2D eigenvalue weighted by Gasteiger charge is -2.42. The van der Waals surface area contributed by atoms with E-state index in [1.54, 1.807) is 11.3 Å². The molecule has 1 aromatic heterocycles. The predicted molar refractivity (Wildman–Crippen MR) is 130 cm³/mol. The van der Waals surface area contributed by atoms with Crippen molar-refractivity contribution in [2.75, 3.05) is 18.8 Å². The van der Waals surface area contributed by atoms with Crippen LogP contribution in [0.3, 0.4) is 0 Å². The molecule has 1 aromatic carbocycles. The fourth-order valence-electron chi connectivity index (χ4n) is 5.12. The van der Waals surface area contributed by atoms with Crippen LogP contribution in [-0.4, -0.2) is 35.8 Å². The highest BCUT2D eigenvalue weighted by molar-refractivity contribution is 7.09. The Morgan fingerprint density at radius 3 is 2.44 bits per heavy atom. The van der Waals surface area contributed by atoms with Gasteiger partial charge in [0.2, 0.25) is 11.8 Å². The number of thiophene rings is 1. The van der Waals surface area contributed by atoms with Crippen LogP contribution in [0.2, 0.25) is 0 Å². The number of carbonyl (C=O) groups excluding carboxylic acids is 2. The molecule has 1 aliphatic carbocycles. The third-order valence-electron chi connectivity index (χ3n) is 7.18. The number of aryl methyl sites for hydroxylation is 1. The lowest BCUT2D eigenvalue weighted by atomic mass is 9.72. The van der Waals surface area contributed by atoms with Gasteiger partial charge in [-0.3, -0.25) is 9.59 Å². The minimum Gasteiger partial charge on any atom is -0.399 e. The van der Waals surface area contributed by atoms with Gasteiger partial charge in [-0.05, 0) is 67.7 Å². The molecular weight excluding hydrogens is 418 g/mol. The highest BCUT2D eigenvalue weighted by atomic mass is 32.1. The highest BCUT2D eigenvalue weighted by Crippen LogP contribution is 2.37. The first-order chi connectivity index (χ1) is 15.5. The van der Waals surface area contributed by atoms with Crippen molar-refractivity contribution >= 4 is 28.8 Å². The number of likely N-dealkylation sites (tertiary alicyclic amines) is 1. The summed E-state index contributed by atoms with van der Waals surface area (Å²) in [6.45, 7) is 1.30. The Balaban J connectivity index is 1.41. The summed E-state index contributed by atoms with van der Waals surface area (Å²) in [6.07, 6.45) is 9.28. The molecule has 0 spiro atoms. The van der Waals surface area contributed by atoms with Crippen LogP contribution in [0.5, 0.6) is 0 Å². The predicted octanol–water partition coefficient (Wildman–Crippen LogP) is 4.56. The summed E-state index contributed by atoms with van der Waals surface area (Å²) < 4.78 is 0. The molecule has 1 aliphatic heterocycles. The molecule has 2 heterocycles. The zero-order valence-corrected chi connectivity index (χ0v) is 19.7. The fraction of sp³-hybridized carbons (Fsp3) is 0.538. The molecule has 172 valence electrons. The number of nitrogens with one attached hydrogen (secondary N) is 1. The number of benzene rings is 1. The molecule has 1 saturated carbocycles. The Bertz CT molecular complexity index is 880. The monoisotopic (exact) mass is 453 g/mol. The lowest BCUT2D eigenvalue weighted by molar-refractivity contribution is -0.141. The van der Waals surface area contributed by atoms with E-state index in [-0.39, 0.29) is 11.8 Å². The van der Waals surface area contributed by atoms with Gasteiger partial charge in [0.05, 0.1) is 5.41 Å². The average molecular weight is 454 g/mol. The van der Waals surface area contributed by atoms with Crippen molar-refractivity contribution in [3.8, 4) is 0 Å². The number of rotatable bonds is 7. The second-order valence-electron chi connectivity index (χ2n) is 9.47. The summed E-state index contributed by atoms with van der Waals surface area (Å²) in [6, 6.07) is 12.3. The van der Waals surface area contributed by atoms with Gasteiger partial charge >= 0.3 is 0 Å². The van der Waals surface area contributed by atoms with E-state index in [2.05, 4.69) is 16.8 Å². The summed E-state index contributed by atoms with van der Waals surface area (Å²) in [5.74, 6) is 0.374. The maximum Gasteiger partial charge on any atom is 0.226 e. The smallest absolute Gasteiger partial charge is 0.226 e. The van der Waals surface area contributed by atoms with Gasteiger partial charge in [0.25, 0.3) is 0 Å². The van der Waals surface area contributed by atoms with Crippen LogP contribution in [0.4, 0.5) is 5.69 Å². The number of piperidine rings is 1. The van der Waals surface area contributed by atoms with E-state index in [9.17, 15) is 9.59 Å². The number of nitrogens with zero attached hydrogens (tertiary/aromatic N) is 1. The topological polar surface area (TPSA) is 75.4 Å². The van der Waals surface area contributed by atoms with Crippen LogP contribution < -0.4 is 11.1 Å². The molecular formula is C26H35N3O2S. The van der Waals surface area contributed by atoms with Crippen LogP contribution >= 0.6 is 11.3 Å². The normalized spacial score (nSPS) is 18.9. The van der Waals surface area contributed by atoms with E-state index in [1.807, 2.05) is 35.2 Å². The molecule has 0 bridgehead atoms. The van der Waals surface area contributed by atoms with Crippen LogP contribution in [-0.2, 0) is 22.4 Å². The molecule has 6 heteroatoms. The average Bonchev–Trinajstić information content (AvgIpc) is 3.34. The van der Waals surface area contributed by atoms with E-state index < -0.39 is 5.41 Å². The fourth-order valence-corrected chi connectivity index (χ4v) is 5.83. The number of nitrogen functional groups attached to an aromatic ring is 1. The third kappa shape index (κ3) is 5.71. The van der Waals surface area contributed by atoms with Gasteiger partial charge in [-0.15, -0.1) is 11.3 Å². The summed E-state index contributed by atoms with van der Waals surface area (Å²) in [5.41, 5.74) is 7.28. The Morgan fingerprint density at radius 2 is 1.78 bits per heavy atom. The van der Waals surface area contributed by atoms with Gasteiger partial charge in [0, 0.05) is 36.1 Å². The van der Waals surface area contributed by atoms with E-state index in [0.29, 0.717) is 44.8 Å². The van der Waals surface area contributed by atoms with Crippen LogP contribution in [0, 0.1) is 5.41 Å². The molecule has 0 unspecified atom stereocenters. The molecule has 2 fully saturated rings. The summed E-state index contributed by atoms with van der Waals surface area (Å²) in [7, 11) is 0. The van der Waals surface area contributed by atoms with Gasteiger partial charge in [-0.2, -0.15) is 0 Å². The molecule has 2 aromatic rings. The maximum atomic E-state index is 13.6. The summed E-state index contributed by atoms with van der Waals surface area (Å²) in [4.78, 5) is 29.6. The molecule has 0 radical (unpaired) electrons. The Labute approximate surface area is 195 Å². The quantitative estimate of drug-likeness (QED) is 0.603. The first-order valence-electron chi connectivity index (χ1n) is 12.0. The minimum absolute atomic E-state index is 0.173. The molecule has 1 saturated heterocycles.